The van der Waals surface area contributed by atoms with E-state index in [-0.39, 0.29) is 11.7 Å². The highest BCUT2D eigenvalue weighted by Gasteiger charge is 2.20. The van der Waals surface area contributed by atoms with Gasteiger partial charge in [-0.3, -0.25) is 9.59 Å². The van der Waals surface area contributed by atoms with Crippen LogP contribution in [0.5, 0.6) is 5.75 Å². The smallest absolute Gasteiger partial charge is 0.257 e. The molecule has 0 radical (unpaired) electrons. The molecule has 28 heavy (non-hydrogen) atoms. The molecule has 5 nitrogen and oxygen atoms in total. The van der Waals surface area contributed by atoms with Crippen LogP contribution in [0.15, 0.2) is 85.1 Å². The van der Waals surface area contributed by atoms with Gasteiger partial charge in [-0.25, -0.2) is 0 Å². The van der Waals surface area contributed by atoms with Gasteiger partial charge in [-0.05, 0) is 54.6 Å². The van der Waals surface area contributed by atoms with E-state index in [0.717, 1.165) is 0 Å². The zero-order valence-corrected chi connectivity index (χ0v) is 15.3. The second-order valence-corrected chi connectivity index (χ2v) is 6.28. The predicted octanol–water partition coefficient (Wildman–Crippen LogP) is 4.43. The molecule has 2 aromatic carbocycles. The zero-order chi connectivity index (χ0) is 19.5. The van der Waals surface area contributed by atoms with Crippen LogP contribution in [-0.4, -0.2) is 23.2 Å². The highest BCUT2D eigenvalue weighted by molar-refractivity contribution is 6.14. The first-order valence-corrected chi connectivity index (χ1v) is 8.82. The summed E-state index contributed by atoms with van der Waals surface area (Å²) < 4.78 is 6.89. The van der Waals surface area contributed by atoms with Crippen molar-refractivity contribution in [1.29, 1.82) is 0 Å². The minimum absolute atomic E-state index is 0.164. The van der Waals surface area contributed by atoms with E-state index >= 15 is 0 Å². The maximum atomic E-state index is 13.1. The Bertz CT molecular complexity index is 1150. The van der Waals surface area contributed by atoms with Gasteiger partial charge >= 0.3 is 0 Å². The number of methoxy groups -OCH3 is 1. The fourth-order valence-electron chi connectivity index (χ4n) is 3.12. The summed E-state index contributed by atoms with van der Waals surface area (Å²) in [5.41, 5.74) is 2.78. The highest BCUT2D eigenvalue weighted by Crippen LogP contribution is 2.22. The quantitative estimate of drug-likeness (QED) is 0.529. The number of aromatic nitrogens is 1. The van der Waals surface area contributed by atoms with Crippen molar-refractivity contribution in [2.24, 2.45) is 0 Å². The van der Waals surface area contributed by atoms with Gasteiger partial charge < -0.3 is 14.5 Å². The van der Waals surface area contributed by atoms with Gasteiger partial charge in [0, 0.05) is 17.4 Å². The first-order chi connectivity index (χ1) is 13.7. The Kier molecular flexibility index (Phi) is 4.64. The second-order valence-electron chi connectivity index (χ2n) is 6.28. The lowest BCUT2D eigenvalue weighted by Crippen LogP contribution is -2.11. The standard InChI is InChI=1S/C23H18N2O3/c1-28-18-12-10-16(11-13-18)22(26)21-15-19(20-9-5-6-14-25(20)21)23(27)24-17-7-3-2-4-8-17/h2-15H,1H3,(H,24,27). The molecule has 0 saturated carbocycles. The molecule has 0 atom stereocenters. The summed E-state index contributed by atoms with van der Waals surface area (Å²) in [5, 5.41) is 2.88. The number of pyridine rings is 1. The van der Waals surface area contributed by atoms with E-state index in [0.29, 0.717) is 33.8 Å². The Balaban J connectivity index is 1.73. The largest absolute Gasteiger partial charge is 0.497 e. The molecule has 0 fully saturated rings. The Labute approximate surface area is 162 Å². The Hall–Kier alpha value is -3.86. The number of amides is 1. The second kappa shape index (κ2) is 7.40. The number of rotatable bonds is 5. The lowest BCUT2D eigenvalue weighted by molar-refractivity contribution is 0.102. The van der Waals surface area contributed by atoms with Crippen molar-refractivity contribution in [3.05, 3.63) is 102 Å². The molecule has 5 heteroatoms. The van der Waals surface area contributed by atoms with Crippen molar-refractivity contribution in [1.82, 2.24) is 4.40 Å². The molecule has 2 aromatic heterocycles. The average Bonchev–Trinajstić information content (AvgIpc) is 3.14. The van der Waals surface area contributed by atoms with Crippen LogP contribution < -0.4 is 10.1 Å². The van der Waals surface area contributed by atoms with Crippen LogP contribution in [0.2, 0.25) is 0 Å². The molecule has 4 aromatic rings. The van der Waals surface area contributed by atoms with Gasteiger partial charge in [0.25, 0.3) is 5.91 Å². The summed E-state index contributed by atoms with van der Waals surface area (Å²) in [5.74, 6) is 0.255. The van der Waals surface area contributed by atoms with Crippen LogP contribution in [0.1, 0.15) is 26.4 Å². The number of ketones is 1. The Morgan fingerprint density at radius 3 is 2.32 bits per heavy atom. The molecule has 1 N–H and O–H groups in total. The fraction of sp³-hybridized carbons (Fsp3) is 0.0435. The number of fused-ring (bicyclic) bond motifs is 1. The van der Waals surface area contributed by atoms with E-state index in [9.17, 15) is 9.59 Å². The molecule has 2 heterocycles. The Morgan fingerprint density at radius 2 is 1.61 bits per heavy atom. The number of hydrogen-bond donors (Lipinski definition) is 1. The SMILES string of the molecule is COc1ccc(C(=O)c2cc(C(=O)Nc3ccccc3)c3ccccn23)cc1. The zero-order valence-electron chi connectivity index (χ0n) is 15.3. The van der Waals surface area contributed by atoms with Gasteiger partial charge in [-0.1, -0.05) is 24.3 Å². The number of anilines is 1. The number of nitrogens with one attached hydrogen (secondary N) is 1. The van der Waals surface area contributed by atoms with Crippen LogP contribution in [0.25, 0.3) is 5.52 Å². The summed E-state index contributed by atoms with van der Waals surface area (Å²) in [7, 11) is 1.58. The maximum absolute atomic E-state index is 13.1. The topological polar surface area (TPSA) is 59.8 Å². The summed E-state index contributed by atoms with van der Waals surface area (Å²) in [6.07, 6.45) is 1.78. The number of hydrogen-bond acceptors (Lipinski definition) is 3. The molecule has 0 aliphatic carbocycles. The highest BCUT2D eigenvalue weighted by atomic mass is 16.5. The normalized spacial score (nSPS) is 10.6. The van der Waals surface area contributed by atoms with Crippen LogP contribution in [0.4, 0.5) is 5.69 Å². The number of ether oxygens (including phenoxy) is 1. The van der Waals surface area contributed by atoms with Crippen LogP contribution in [-0.2, 0) is 0 Å². The van der Waals surface area contributed by atoms with Crippen LogP contribution in [0, 0.1) is 0 Å². The number of para-hydroxylation sites is 1. The molecule has 0 unspecified atom stereocenters. The number of carbonyl (C=O) groups is 2. The molecule has 4 rings (SSSR count). The lowest BCUT2D eigenvalue weighted by atomic mass is 10.1. The Morgan fingerprint density at radius 1 is 0.893 bits per heavy atom. The molecule has 0 bridgehead atoms. The summed E-state index contributed by atoms with van der Waals surface area (Å²) >= 11 is 0. The van der Waals surface area contributed by atoms with Gasteiger partial charge in [0.2, 0.25) is 5.78 Å². The van der Waals surface area contributed by atoms with E-state index in [1.54, 1.807) is 48.0 Å². The average molecular weight is 370 g/mol. The molecule has 0 spiro atoms. The molecule has 0 saturated heterocycles. The van der Waals surface area contributed by atoms with Crippen molar-refractivity contribution in [3.63, 3.8) is 0 Å². The third-order valence-electron chi connectivity index (χ3n) is 4.54. The third-order valence-corrected chi connectivity index (χ3v) is 4.54. The molecular weight excluding hydrogens is 352 g/mol. The summed E-state index contributed by atoms with van der Waals surface area (Å²) in [6.45, 7) is 0. The van der Waals surface area contributed by atoms with Crippen molar-refractivity contribution in [2.75, 3.05) is 12.4 Å². The lowest BCUT2D eigenvalue weighted by Gasteiger charge is -2.04. The first kappa shape index (κ1) is 17.5. The van der Waals surface area contributed by atoms with E-state index in [2.05, 4.69) is 5.32 Å². The number of nitrogens with zero attached hydrogens (tertiary/aromatic N) is 1. The van der Waals surface area contributed by atoms with Crippen molar-refractivity contribution < 1.29 is 14.3 Å². The van der Waals surface area contributed by atoms with Gasteiger partial charge in [0.05, 0.1) is 23.9 Å². The van der Waals surface area contributed by atoms with Gasteiger partial charge in [0.15, 0.2) is 0 Å². The van der Waals surface area contributed by atoms with Crippen LogP contribution in [0.3, 0.4) is 0 Å². The van der Waals surface area contributed by atoms with Gasteiger partial charge in [-0.15, -0.1) is 0 Å². The summed E-state index contributed by atoms with van der Waals surface area (Å²) in [6, 6.07) is 23.3. The van der Waals surface area contributed by atoms with Crippen molar-refractivity contribution >= 4 is 22.9 Å². The minimum atomic E-state index is -0.260. The molecule has 138 valence electrons. The van der Waals surface area contributed by atoms with Crippen LogP contribution >= 0.6 is 0 Å². The minimum Gasteiger partial charge on any atom is -0.497 e. The fourth-order valence-corrected chi connectivity index (χ4v) is 3.12. The first-order valence-electron chi connectivity index (χ1n) is 8.82. The predicted molar refractivity (Wildman–Crippen MR) is 108 cm³/mol. The van der Waals surface area contributed by atoms with Gasteiger partial charge in [-0.2, -0.15) is 0 Å². The van der Waals surface area contributed by atoms with E-state index in [4.69, 9.17) is 4.74 Å². The van der Waals surface area contributed by atoms with E-state index in [1.807, 2.05) is 48.5 Å². The van der Waals surface area contributed by atoms with Crippen molar-refractivity contribution in [2.45, 2.75) is 0 Å². The van der Waals surface area contributed by atoms with E-state index in [1.165, 1.54) is 0 Å². The molecule has 0 aliphatic heterocycles. The summed E-state index contributed by atoms with van der Waals surface area (Å²) in [4.78, 5) is 25.9. The maximum Gasteiger partial charge on any atom is 0.257 e. The third kappa shape index (κ3) is 3.25. The molecule has 1 amide bonds. The number of carbonyl (C=O) groups excluding carboxylic acids is 2. The van der Waals surface area contributed by atoms with E-state index < -0.39 is 0 Å². The number of benzene rings is 2. The monoisotopic (exact) mass is 370 g/mol. The van der Waals surface area contributed by atoms with Crippen molar-refractivity contribution in [3.8, 4) is 5.75 Å². The van der Waals surface area contributed by atoms with Gasteiger partial charge in [0.1, 0.15) is 5.75 Å². The molecule has 0 aliphatic rings. The molecular formula is C23H18N2O3.